The van der Waals surface area contributed by atoms with Gasteiger partial charge in [-0.05, 0) is 24.6 Å². The minimum Gasteiger partial charge on any atom is -0.490 e. The predicted octanol–water partition coefficient (Wildman–Crippen LogP) is 2.56. The Bertz CT molecular complexity index is 644. The number of nitrogens with zero attached hydrogens (tertiary/aromatic N) is 1. The van der Waals surface area contributed by atoms with E-state index in [1.165, 1.54) is 25.3 Å². The lowest BCUT2D eigenvalue weighted by Gasteiger charge is -2.11. The third kappa shape index (κ3) is 3.72. The van der Waals surface area contributed by atoms with Crippen molar-refractivity contribution in [1.82, 2.24) is 10.3 Å². The molecule has 1 aromatic carbocycles. The molecule has 1 amide bonds. The zero-order valence-corrected chi connectivity index (χ0v) is 12.4. The highest BCUT2D eigenvalue weighted by Crippen LogP contribution is 2.22. The van der Waals surface area contributed by atoms with Gasteiger partial charge in [-0.15, -0.1) is 0 Å². The smallest absolute Gasteiger partial charge is 0.255 e. The Hall–Kier alpha value is -2.63. The number of hydrogen-bond acceptors (Lipinski definition) is 4. The van der Waals surface area contributed by atoms with Gasteiger partial charge in [0.25, 0.3) is 5.91 Å². The van der Waals surface area contributed by atoms with Gasteiger partial charge in [-0.3, -0.25) is 4.79 Å². The van der Waals surface area contributed by atoms with E-state index >= 15 is 0 Å². The van der Waals surface area contributed by atoms with Crippen molar-refractivity contribution in [2.24, 2.45) is 0 Å². The number of carbonyl (C=O) groups is 1. The van der Waals surface area contributed by atoms with Crippen LogP contribution in [0.5, 0.6) is 11.6 Å². The monoisotopic (exact) mass is 304 g/mol. The van der Waals surface area contributed by atoms with Gasteiger partial charge in [-0.25, -0.2) is 9.37 Å². The molecule has 1 aromatic heterocycles. The quantitative estimate of drug-likeness (QED) is 0.891. The van der Waals surface area contributed by atoms with E-state index in [-0.39, 0.29) is 24.5 Å². The van der Waals surface area contributed by atoms with E-state index in [2.05, 4.69) is 10.3 Å². The van der Waals surface area contributed by atoms with Crippen LogP contribution in [-0.2, 0) is 6.54 Å². The third-order valence-electron chi connectivity index (χ3n) is 2.96. The molecular weight excluding hydrogens is 287 g/mol. The second kappa shape index (κ2) is 7.40. The number of amides is 1. The number of benzene rings is 1. The molecule has 6 heteroatoms. The molecule has 0 bridgehead atoms. The maximum atomic E-state index is 13.7. The van der Waals surface area contributed by atoms with Crippen LogP contribution in [0.1, 0.15) is 22.8 Å². The van der Waals surface area contributed by atoms with Gasteiger partial charge >= 0.3 is 0 Å². The van der Waals surface area contributed by atoms with Gasteiger partial charge in [0.05, 0.1) is 19.3 Å². The van der Waals surface area contributed by atoms with E-state index in [1.807, 2.05) is 0 Å². The highest BCUT2D eigenvalue weighted by Gasteiger charge is 2.16. The molecule has 0 aliphatic rings. The average molecular weight is 304 g/mol. The largest absolute Gasteiger partial charge is 0.490 e. The molecule has 1 N–H and O–H groups in total. The molecule has 0 aliphatic heterocycles. The fourth-order valence-corrected chi connectivity index (χ4v) is 1.89. The van der Waals surface area contributed by atoms with Gasteiger partial charge in [0.15, 0.2) is 11.6 Å². The number of carbonyl (C=O) groups excluding carboxylic acids is 1. The number of hydrogen-bond donors (Lipinski definition) is 1. The molecule has 0 saturated carbocycles. The zero-order chi connectivity index (χ0) is 15.9. The van der Waals surface area contributed by atoms with Crippen molar-refractivity contribution < 1.29 is 18.7 Å². The lowest BCUT2D eigenvalue weighted by Crippen LogP contribution is -2.23. The summed E-state index contributed by atoms with van der Waals surface area (Å²) in [6.45, 7) is 2.29. The fourth-order valence-electron chi connectivity index (χ4n) is 1.89. The molecule has 2 rings (SSSR count). The molecule has 0 radical (unpaired) electrons. The zero-order valence-electron chi connectivity index (χ0n) is 12.4. The first kappa shape index (κ1) is 15.8. The third-order valence-corrected chi connectivity index (χ3v) is 2.96. The molecule has 0 unspecified atom stereocenters. The number of ether oxygens (including phenoxy) is 2. The summed E-state index contributed by atoms with van der Waals surface area (Å²) in [6.07, 6.45) is 1.61. The Morgan fingerprint density at radius 2 is 2.14 bits per heavy atom. The van der Waals surface area contributed by atoms with Gasteiger partial charge in [0.2, 0.25) is 5.88 Å². The van der Waals surface area contributed by atoms with E-state index in [0.29, 0.717) is 5.88 Å². The number of rotatable bonds is 6. The van der Waals surface area contributed by atoms with Crippen molar-refractivity contribution in [2.45, 2.75) is 13.5 Å². The number of pyridine rings is 1. The highest BCUT2D eigenvalue weighted by molar-refractivity contribution is 5.96. The first-order valence-electron chi connectivity index (χ1n) is 6.84. The Balaban J connectivity index is 2.07. The molecular formula is C16H17FN2O3. The number of nitrogens with one attached hydrogen (secondary N) is 1. The van der Waals surface area contributed by atoms with Crippen LogP contribution in [0.2, 0.25) is 0 Å². The molecule has 22 heavy (non-hydrogen) atoms. The second-order valence-corrected chi connectivity index (χ2v) is 4.44. The summed E-state index contributed by atoms with van der Waals surface area (Å²) in [4.78, 5) is 16.2. The van der Waals surface area contributed by atoms with E-state index in [9.17, 15) is 9.18 Å². The van der Waals surface area contributed by atoms with Crippen molar-refractivity contribution in [3.05, 3.63) is 53.5 Å². The van der Waals surface area contributed by atoms with Gasteiger partial charge in [0.1, 0.15) is 0 Å². The number of para-hydroxylation sites is 1. The van der Waals surface area contributed by atoms with Crippen LogP contribution in [0.15, 0.2) is 36.5 Å². The van der Waals surface area contributed by atoms with Crippen LogP contribution < -0.4 is 14.8 Å². The summed E-state index contributed by atoms with van der Waals surface area (Å²) >= 11 is 0. The van der Waals surface area contributed by atoms with Crippen molar-refractivity contribution in [3.63, 3.8) is 0 Å². The Labute approximate surface area is 128 Å². The van der Waals surface area contributed by atoms with Gasteiger partial charge in [-0.2, -0.15) is 0 Å². The maximum Gasteiger partial charge on any atom is 0.255 e. The van der Waals surface area contributed by atoms with Crippen LogP contribution in [0.3, 0.4) is 0 Å². The Morgan fingerprint density at radius 3 is 2.77 bits per heavy atom. The summed E-state index contributed by atoms with van der Waals surface area (Å²) in [7, 11) is 1.53. The molecule has 2 aromatic rings. The van der Waals surface area contributed by atoms with Gasteiger partial charge in [-0.1, -0.05) is 12.1 Å². The standard InChI is InChI=1S/C16H17FN2O3/c1-3-22-15-12(5-4-6-13(15)17)16(20)19-10-11-7-8-14(21-2)18-9-11/h4-9H,3,10H2,1-2H3,(H,19,20). The van der Waals surface area contributed by atoms with E-state index in [1.54, 1.807) is 25.3 Å². The first-order valence-corrected chi connectivity index (χ1v) is 6.84. The van der Waals surface area contributed by atoms with Gasteiger partial charge in [0, 0.05) is 18.8 Å². The van der Waals surface area contributed by atoms with Crippen molar-refractivity contribution in [2.75, 3.05) is 13.7 Å². The molecule has 116 valence electrons. The van der Waals surface area contributed by atoms with E-state index in [4.69, 9.17) is 9.47 Å². The summed E-state index contributed by atoms with van der Waals surface area (Å²) in [5, 5.41) is 2.71. The van der Waals surface area contributed by atoms with Crippen molar-refractivity contribution in [3.8, 4) is 11.6 Å². The molecule has 0 spiro atoms. The summed E-state index contributed by atoms with van der Waals surface area (Å²) in [6, 6.07) is 7.75. The maximum absolute atomic E-state index is 13.7. The highest BCUT2D eigenvalue weighted by atomic mass is 19.1. The van der Waals surface area contributed by atoms with E-state index in [0.717, 1.165) is 5.56 Å². The molecule has 0 atom stereocenters. The molecule has 0 fully saturated rings. The Morgan fingerprint density at radius 1 is 1.32 bits per heavy atom. The number of methoxy groups -OCH3 is 1. The lowest BCUT2D eigenvalue weighted by molar-refractivity contribution is 0.0946. The molecule has 0 aliphatic carbocycles. The van der Waals surface area contributed by atoms with Crippen LogP contribution in [0.25, 0.3) is 0 Å². The van der Waals surface area contributed by atoms with E-state index < -0.39 is 11.7 Å². The van der Waals surface area contributed by atoms with Crippen LogP contribution in [0.4, 0.5) is 4.39 Å². The molecule has 1 heterocycles. The fraction of sp³-hybridized carbons (Fsp3) is 0.250. The van der Waals surface area contributed by atoms with Crippen molar-refractivity contribution in [1.29, 1.82) is 0 Å². The number of aromatic nitrogens is 1. The minimum atomic E-state index is -0.555. The summed E-state index contributed by atoms with van der Waals surface area (Å²) in [5.41, 5.74) is 0.979. The second-order valence-electron chi connectivity index (χ2n) is 4.44. The predicted molar refractivity (Wildman–Crippen MR) is 79.5 cm³/mol. The lowest BCUT2D eigenvalue weighted by atomic mass is 10.1. The SMILES string of the molecule is CCOc1c(F)cccc1C(=O)NCc1ccc(OC)nc1. The summed E-state index contributed by atoms with van der Waals surface area (Å²) < 4.78 is 23.9. The molecule has 5 nitrogen and oxygen atoms in total. The minimum absolute atomic E-state index is 0.0321. The first-order chi connectivity index (χ1) is 10.7. The molecule has 0 saturated heterocycles. The summed E-state index contributed by atoms with van der Waals surface area (Å²) in [5.74, 6) is -0.492. The van der Waals surface area contributed by atoms with Crippen LogP contribution in [0, 0.1) is 5.82 Å². The van der Waals surface area contributed by atoms with Gasteiger partial charge < -0.3 is 14.8 Å². The average Bonchev–Trinajstić information content (AvgIpc) is 2.55. The topological polar surface area (TPSA) is 60.5 Å². The number of halogens is 1. The van der Waals surface area contributed by atoms with Crippen LogP contribution in [-0.4, -0.2) is 24.6 Å². The normalized spacial score (nSPS) is 10.1. The Kier molecular flexibility index (Phi) is 5.30. The van der Waals surface area contributed by atoms with Crippen molar-refractivity contribution >= 4 is 5.91 Å². The van der Waals surface area contributed by atoms with Crippen LogP contribution >= 0.6 is 0 Å².